The molecule has 261 valence electrons. The van der Waals surface area contributed by atoms with Crippen LogP contribution in [0.5, 0.6) is 0 Å². The second kappa shape index (κ2) is 14.1. The zero-order valence-electron chi connectivity index (χ0n) is 30.8. The molecule has 0 aliphatic carbocycles. The molecule has 0 unspecified atom stereocenters. The van der Waals surface area contributed by atoms with Gasteiger partial charge in [0.2, 0.25) is 0 Å². The molecule has 6 aromatic carbocycles. The molecule has 0 spiro atoms. The third-order valence-corrected chi connectivity index (χ3v) is 9.94. The summed E-state index contributed by atoms with van der Waals surface area (Å²) >= 11 is 0. The molecule has 0 fully saturated rings. The van der Waals surface area contributed by atoms with Crippen LogP contribution in [0, 0.1) is 12.1 Å². The van der Waals surface area contributed by atoms with Crippen LogP contribution in [0.15, 0.2) is 143 Å². The predicted molar refractivity (Wildman–Crippen MR) is 215 cm³/mol. The third kappa shape index (κ3) is 6.20. The minimum atomic E-state index is -0.634. The molecule has 53 heavy (non-hydrogen) atoms. The van der Waals surface area contributed by atoms with Crippen molar-refractivity contribution in [2.75, 3.05) is 0 Å². The molecule has 0 saturated heterocycles. The number of rotatable bonds is 4. The number of para-hydroxylation sites is 1. The first kappa shape index (κ1) is 33.2. The molecular weight excluding hydrogens is 829 g/mol. The van der Waals surface area contributed by atoms with E-state index in [1.54, 1.807) is 6.20 Å². The van der Waals surface area contributed by atoms with Gasteiger partial charge < -0.3 is 18.8 Å². The summed E-state index contributed by atoms with van der Waals surface area (Å²) in [5.41, 5.74) is 9.01. The van der Waals surface area contributed by atoms with Crippen molar-refractivity contribution in [2.24, 2.45) is 0 Å². The Kier molecular flexibility index (Phi) is 8.83. The van der Waals surface area contributed by atoms with Gasteiger partial charge in [0.25, 0.3) is 0 Å². The molecule has 0 bridgehead atoms. The van der Waals surface area contributed by atoms with Crippen LogP contribution < -0.4 is 0 Å². The van der Waals surface area contributed by atoms with E-state index >= 15 is 0 Å². The number of aromatic nitrogens is 2. The molecule has 5 heteroatoms. The Morgan fingerprint density at radius 3 is 2.04 bits per heavy atom. The first-order valence-corrected chi connectivity index (χ1v) is 17.7. The van der Waals surface area contributed by atoms with Gasteiger partial charge in [-0.2, -0.15) is 0 Å². The normalized spacial score (nSPS) is 12.1. The molecule has 4 heterocycles. The van der Waals surface area contributed by atoms with Crippen LogP contribution in [-0.2, 0) is 20.1 Å². The molecule has 10 aromatic rings. The van der Waals surface area contributed by atoms with E-state index in [1.807, 2.05) is 68.6 Å². The molecule has 0 N–H and O–H groups in total. The number of hydrogen-bond donors (Lipinski definition) is 0. The van der Waals surface area contributed by atoms with Gasteiger partial charge >= 0.3 is 0 Å². The van der Waals surface area contributed by atoms with Crippen LogP contribution in [0.2, 0.25) is 0 Å². The second-order valence-electron chi connectivity index (χ2n) is 13.8. The maximum atomic E-state index is 8.22. The quantitative estimate of drug-likeness (QED) is 0.131. The molecule has 4 nitrogen and oxygen atoms in total. The molecule has 0 atom stereocenters. The summed E-state index contributed by atoms with van der Waals surface area (Å²) in [6.07, 6.45) is 3.64. The van der Waals surface area contributed by atoms with Crippen molar-refractivity contribution in [1.82, 2.24) is 9.97 Å². The molecule has 1 radical (unpaired) electrons. The van der Waals surface area contributed by atoms with Gasteiger partial charge in [-0.25, -0.2) is 0 Å². The van der Waals surface area contributed by atoms with Crippen molar-refractivity contribution >= 4 is 65.4 Å². The van der Waals surface area contributed by atoms with Crippen molar-refractivity contribution < 1.29 is 30.3 Å². The number of hydrogen-bond acceptors (Lipinski definition) is 4. The summed E-state index contributed by atoms with van der Waals surface area (Å²) in [5.74, 6) is -0.202. The Hall–Kier alpha value is -5.61. The van der Waals surface area contributed by atoms with Crippen molar-refractivity contribution in [3.63, 3.8) is 0 Å². The SMILES string of the molecule is CC(C)c1ccnc(-c2[c-]ccc3c2oc2c3ccc3c4ccccc4oc32)c1.[2H]C(C)(C)c1ccnc(-c2[c-]cc3c(ccc4ccccc43)c2)c1.[Ir]. The summed E-state index contributed by atoms with van der Waals surface area (Å²) in [6.45, 7) is 8.15. The average Bonchev–Trinajstić information content (AvgIpc) is 3.76. The Morgan fingerprint density at radius 1 is 0.566 bits per heavy atom. The number of pyridine rings is 2. The van der Waals surface area contributed by atoms with E-state index in [0.717, 1.165) is 72.0 Å². The van der Waals surface area contributed by atoms with Gasteiger partial charge in [0, 0.05) is 50.0 Å². The number of nitrogens with zero attached hydrogens (tertiary/aromatic N) is 2. The fourth-order valence-electron chi connectivity index (χ4n) is 7.10. The maximum Gasteiger partial charge on any atom is 0.177 e. The minimum Gasteiger partial charge on any atom is -0.497 e. The van der Waals surface area contributed by atoms with Crippen LogP contribution in [0.3, 0.4) is 0 Å². The predicted octanol–water partition coefficient (Wildman–Crippen LogP) is 13.4. The van der Waals surface area contributed by atoms with Crippen molar-refractivity contribution in [3.8, 4) is 22.5 Å². The fraction of sp³-hybridized carbons (Fsp3) is 0.125. The Bertz CT molecular complexity index is 2990. The van der Waals surface area contributed by atoms with E-state index in [4.69, 9.17) is 10.2 Å². The molecule has 0 amide bonds. The van der Waals surface area contributed by atoms with Gasteiger partial charge in [0.15, 0.2) is 11.2 Å². The number of benzene rings is 6. The van der Waals surface area contributed by atoms with E-state index in [0.29, 0.717) is 5.92 Å². The van der Waals surface area contributed by atoms with Crippen LogP contribution in [-0.4, -0.2) is 9.97 Å². The molecule has 4 aromatic heterocycles. The number of furan rings is 2. The minimum absolute atomic E-state index is 0. The van der Waals surface area contributed by atoms with Crippen molar-refractivity contribution in [3.05, 3.63) is 157 Å². The summed E-state index contributed by atoms with van der Waals surface area (Å²) < 4.78 is 20.8. The van der Waals surface area contributed by atoms with Crippen molar-refractivity contribution in [2.45, 2.75) is 39.5 Å². The zero-order valence-corrected chi connectivity index (χ0v) is 32.2. The van der Waals surface area contributed by atoms with Crippen LogP contribution in [0.4, 0.5) is 0 Å². The molecule has 0 aliphatic rings. The van der Waals surface area contributed by atoms with Gasteiger partial charge in [-0.1, -0.05) is 133 Å². The largest absolute Gasteiger partial charge is 0.497 e. The fourth-order valence-corrected chi connectivity index (χ4v) is 7.10. The molecular formula is C48H36IrN2O2-2. The van der Waals surface area contributed by atoms with E-state index in [-0.39, 0.29) is 20.1 Å². The monoisotopic (exact) mass is 866 g/mol. The molecule has 0 aliphatic heterocycles. The average molecular weight is 866 g/mol. The Morgan fingerprint density at radius 2 is 1.23 bits per heavy atom. The molecule has 0 saturated carbocycles. The Balaban J connectivity index is 0.000000153. The van der Waals surface area contributed by atoms with E-state index in [9.17, 15) is 0 Å². The smallest absolute Gasteiger partial charge is 0.177 e. The van der Waals surface area contributed by atoms with E-state index < -0.39 is 5.89 Å². The van der Waals surface area contributed by atoms with Crippen LogP contribution in [0.25, 0.3) is 87.9 Å². The first-order chi connectivity index (χ1) is 25.7. The van der Waals surface area contributed by atoms with Gasteiger partial charge in [-0.3, -0.25) is 0 Å². The summed E-state index contributed by atoms with van der Waals surface area (Å²) in [6, 6.07) is 48.0. The Labute approximate surface area is 323 Å². The number of fused-ring (bicyclic) bond motifs is 10. The van der Waals surface area contributed by atoms with Gasteiger partial charge in [-0.15, -0.1) is 47.3 Å². The van der Waals surface area contributed by atoms with Gasteiger partial charge in [0.1, 0.15) is 5.58 Å². The maximum absolute atomic E-state index is 8.22. The third-order valence-electron chi connectivity index (χ3n) is 9.94. The summed E-state index contributed by atoms with van der Waals surface area (Å²) in [7, 11) is 0. The second-order valence-corrected chi connectivity index (χ2v) is 13.8. The van der Waals surface area contributed by atoms with Crippen molar-refractivity contribution in [1.29, 1.82) is 0 Å². The van der Waals surface area contributed by atoms with E-state index in [1.165, 1.54) is 27.1 Å². The van der Waals surface area contributed by atoms with Gasteiger partial charge in [0.05, 0.1) is 5.58 Å². The summed E-state index contributed by atoms with van der Waals surface area (Å²) in [5, 5.41) is 9.12. The van der Waals surface area contributed by atoms with Gasteiger partial charge in [-0.05, 0) is 52.9 Å². The van der Waals surface area contributed by atoms with E-state index in [2.05, 4.69) is 109 Å². The topological polar surface area (TPSA) is 52.1 Å². The standard InChI is InChI=1S/C26H18NO2.C22H18N.Ir/c1-15(2)16-12-13-27-22(14-16)21-8-5-7-18-20-11-10-19-17-6-3-4-9-23(17)28-25(19)26(20)29-24(18)21;1-15(2)17-11-12-23-22(14-17)19-9-10-21-18(13-19)8-7-16-5-3-4-6-20(16)21;/h3-7,9-15H,1-2H3;3-8,10-15H,1-2H3;/q2*-1;/i;15D;. The van der Waals surface area contributed by atoms with Crippen LogP contribution >= 0.6 is 0 Å². The first-order valence-electron chi connectivity index (χ1n) is 18.2. The summed E-state index contributed by atoms with van der Waals surface area (Å²) in [4.78, 5) is 9.07. The molecule has 10 rings (SSSR count). The zero-order chi connectivity index (χ0) is 36.3. The van der Waals surface area contributed by atoms with Crippen LogP contribution in [0.1, 0.15) is 52.0 Å².